The van der Waals surface area contributed by atoms with Gasteiger partial charge in [0.25, 0.3) is 5.56 Å². The molecule has 0 N–H and O–H groups in total. The number of carbonyl (C=O) groups is 1. The van der Waals surface area contributed by atoms with E-state index >= 15 is 0 Å². The second-order valence-corrected chi connectivity index (χ2v) is 10.2. The monoisotopic (exact) mass is 548 g/mol. The van der Waals surface area contributed by atoms with E-state index in [1.54, 1.807) is 33.1 Å². The van der Waals surface area contributed by atoms with Gasteiger partial charge in [-0.05, 0) is 62.7 Å². The van der Waals surface area contributed by atoms with Crippen molar-refractivity contribution < 1.29 is 18.7 Å². The molecular weight excluding hydrogens is 524 g/mol. The largest absolute Gasteiger partial charge is 0.497 e. The van der Waals surface area contributed by atoms with Crippen molar-refractivity contribution >= 4 is 35.0 Å². The number of halogens is 1. The number of thiazole rings is 1. The molecule has 194 valence electrons. The molecule has 0 radical (unpaired) electrons. The van der Waals surface area contributed by atoms with E-state index in [4.69, 9.17) is 25.5 Å². The van der Waals surface area contributed by atoms with E-state index in [9.17, 15) is 9.59 Å². The number of carbonyl (C=O) groups excluding carboxylic acids is 1. The Morgan fingerprint density at radius 3 is 2.76 bits per heavy atom. The molecule has 1 atom stereocenters. The Bertz CT molecular complexity index is 1760. The van der Waals surface area contributed by atoms with Crippen molar-refractivity contribution in [3.05, 3.63) is 107 Å². The van der Waals surface area contributed by atoms with Crippen LogP contribution in [0.2, 0.25) is 5.02 Å². The molecule has 0 saturated heterocycles. The first kappa shape index (κ1) is 25.8. The minimum atomic E-state index is -0.721. The molecule has 7 nitrogen and oxygen atoms in total. The average Bonchev–Trinajstić information content (AvgIpc) is 3.49. The lowest BCUT2D eigenvalue weighted by atomic mass is 9.95. The SMILES string of the molecule is CCOC(=O)C1=C(C)N=c2sc(=Cc3ccc(-c4cc(C)ccc4Cl)o3)c(=O)n2C1c1cccc(OC)c1. The molecule has 0 bridgehead atoms. The highest BCUT2D eigenvalue weighted by molar-refractivity contribution is 7.07. The van der Waals surface area contributed by atoms with Gasteiger partial charge in [-0.3, -0.25) is 9.36 Å². The minimum absolute atomic E-state index is 0.205. The fraction of sp³-hybridized carbons (Fsp3) is 0.207. The molecule has 2 aromatic carbocycles. The van der Waals surface area contributed by atoms with Gasteiger partial charge < -0.3 is 13.9 Å². The maximum Gasteiger partial charge on any atom is 0.338 e. The molecule has 9 heteroatoms. The third-order valence-corrected chi connectivity index (χ3v) is 7.53. The molecule has 0 spiro atoms. The maximum absolute atomic E-state index is 13.8. The Balaban J connectivity index is 1.65. The van der Waals surface area contributed by atoms with Crippen LogP contribution in [0.1, 0.15) is 36.8 Å². The molecule has 0 saturated carbocycles. The summed E-state index contributed by atoms with van der Waals surface area (Å²) >= 11 is 7.61. The van der Waals surface area contributed by atoms with E-state index < -0.39 is 12.0 Å². The molecule has 5 rings (SSSR count). The van der Waals surface area contributed by atoms with Gasteiger partial charge in [0.1, 0.15) is 17.3 Å². The fourth-order valence-electron chi connectivity index (χ4n) is 4.45. The minimum Gasteiger partial charge on any atom is -0.497 e. The van der Waals surface area contributed by atoms with Gasteiger partial charge >= 0.3 is 5.97 Å². The fourth-order valence-corrected chi connectivity index (χ4v) is 5.69. The lowest BCUT2D eigenvalue weighted by molar-refractivity contribution is -0.139. The summed E-state index contributed by atoms with van der Waals surface area (Å²) in [7, 11) is 1.57. The number of hydrogen-bond acceptors (Lipinski definition) is 7. The van der Waals surface area contributed by atoms with Gasteiger partial charge in [0.05, 0.1) is 40.6 Å². The first-order valence-corrected chi connectivity index (χ1v) is 13.2. The van der Waals surface area contributed by atoms with E-state index in [1.807, 2.05) is 55.5 Å². The van der Waals surface area contributed by atoms with Crippen LogP contribution in [0.25, 0.3) is 17.4 Å². The Hall–Kier alpha value is -3.88. The van der Waals surface area contributed by atoms with Crippen molar-refractivity contribution in [1.82, 2.24) is 4.57 Å². The predicted molar refractivity (Wildman–Crippen MR) is 147 cm³/mol. The number of benzene rings is 2. The van der Waals surface area contributed by atoms with Gasteiger partial charge in [-0.2, -0.15) is 0 Å². The van der Waals surface area contributed by atoms with Crippen LogP contribution in [0.3, 0.4) is 0 Å². The van der Waals surface area contributed by atoms with Crippen LogP contribution < -0.4 is 19.6 Å². The highest BCUT2D eigenvalue weighted by atomic mass is 35.5. The number of allylic oxidation sites excluding steroid dienone is 1. The summed E-state index contributed by atoms with van der Waals surface area (Å²) in [4.78, 5) is 31.9. The summed E-state index contributed by atoms with van der Waals surface area (Å²) in [5, 5.41) is 0.580. The number of aromatic nitrogens is 1. The summed E-state index contributed by atoms with van der Waals surface area (Å²) in [6.45, 7) is 5.68. The normalized spacial score (nSPS) is 15.3. The maximum atomic E-state index is 13.8. The van der Waals surface area contributed by atoms with E-state index in [0.717, 1.165) is 11.1 Å². The van der Waals surface area contributed by atoms with Crippen LogP contribution in [-0.2, 0) is 9.53 Å². The summed E-state index contributed by atoms with van der Waals surface area (Å²) in [5.74, 6) is 1.21. The number of methoxy groups -OCH3 is 1. The van der Waals surface area contributed by atoms with Gasteiger partial charge in [-0.25, -0.2) is 9.79 Å². The Kier molecular flexibility index (Phi) is 7.10. The zero-order valence-corrected chi connectivity index (χ0v) is 22.9. The lowest BCUT2D eigenvalue weighted by Crippen LogP contribution is -2.39. The summed E-state index contributed by atoms with van der Waals surface area (Å²) in [6.07, 6.45) is 1.68. The topological polar surface area (TPSA) is 83.0 Å². The summed E-state index contributed by atoms with van der Waals surface area (Å²) in [5.41, 5.74) is 3.07. The van der Waals surface area contributed by atoms with Gasteiger partial charge in [0.15, 0.2) is 4.80 Å². The highest BCUT2D eigenvalue weighted by Crippen LogP contribution is 2.33. The van der Waals surface area contributed by atoms with Crippen molar-refractivity contribution in [3.63, 3.8) is 0 Å². The van der Waals surface area contributed by atoms with Crippen LogP contribution in [-0.4, -0.2) is 24.3 Å². The number of rotatable bonds is 6. The first-order valence-electron chi connectivity index (χ1n) is 12.0. The molecule has 2 aromatic heterocycles. The van der Waals surface area contributed by atoms with Crippen molar-refractivity contribution in [2.45, 2.75) is 26.8 Å². The highest BCUT2D eigenvalue weighted by Gasteiger charge is 2.33. The van der Waals surface area contributed by atoms with Crippen LogP contribution in [0.15, 0.2) is 80.1 Å². The van der Waals surface area contributed by atoms with Crippen LogP contribution >= 0.6 is 22.9 Å². The van der Waals surface area contributed by atoms with Crippen LogP contribution in [0.4, 0.5) is 0 Å². The predicted octanol–water partition coefficient (Wildman–Crippen LogP) is 5.03. The van der Waals surface area contributed by atoms with Crippen LogP contribution in [0, 0.1) is 6.92 Å². The number of esters is 1. The summed E-state index contributed by atoms with van der Waals surface area (Å²) < 4.78 is 18.7. The zero-order chi connectivity index (χ0) is 27.0. The lowest BCUT2D eigenvalue weighted by Gasteiger charge is -2.24. The second kappa shape index (κ2) is 10.5. The molecule has 38 heavy (non-hydrogen) atoms. The van der Waals surface area contributed by atoms with Gasteiger partial charge in [0, 0.05) is 11.6 Å². The Labute approximate surface area is 227 Å². The molecule has 0 aliphatic carbocycles. The first-order chi connectivity index (χ1) is 18.3. The molecule has 1 aliphatic rings. The zero-order valence-electron chi connectivity index (χ0n) is 21.3. The van der Waals surface area contributed by atoms with E-state index in [2.05, 4.69) is 4.99 Å². The third-order valence-electron chi connectivity index (χ3n) is 6.21. The molecular formula is C29H25ClN2O5S. The van der Waals surface area contributed by atoms with Crippen molar-refractivity contribution in [2.75, 3.05) is 13.7 Å². The van der Waals surface area contributed by atoms with E-state index in [1.165, 1.54) is 15.9 Å². The van der Waals surface area contributed by atoms with Crippen molar-refractivity contribution in [2.24, 2.45) is 4.99 Å². The van der Waals surface area contributed by atoms with Gasteiger partial charge in [-0.15, -0.1) is 0 Å². The number of ether oxygens (including phenoxy) is 2. The number of hydrogen-bond donors (Lipinski definition) is 0. The van der Waals surface area contributed by atoms with Gasteiger partial charge in [0.2, 0.25) is 0 Å². The molecule has 4 aromatic rings. The smallest absolute Gasteiger partial charge is 0.338 e. The Morgan fingerprint density at radius 1 is 1.18 bits per heavy atom. The van der Waals surface area contributed by atoms with Crippen molar-refractivity contribution in [1.29, 1.82) is 0 Å². The van der Waals surface area contributed by atoms with Gasteiger partial charge in [-0.1, -0.05) is 46.7 Å². The molecule has 1 aliphatic heterocycles. The Morgan fingerprint density at radius 2 is 2.00 bits per heavy atom. The third kappa shape index (κ3) is 4.73. The molecule has 0 fully saturated rings. The summed E-state index contributed by atoms with van der Waals surface area (Å²) in [6, 6.07) is 15.9. The number of fused-ring (bicyclic) bond motifs is 1. The van der Waals surface area contributed by atoms with E-state index in [-0.39, 0.29) is 12.2 Å². The molecule has 1 unspecified atom stereocenters. The van der Waals surface area contributed by atoms with E-state index in [0.29, 0.717) is 48.5 Å². The van der Waals surface area contributed by atoms with Crippen LogP contribution in [0.5, 0.6) is 5.75 Å². The average molecular weight is 549 g/mol. The molecule has 0 amide bonds. The standard InChI is InChI=1S/C29H25ClN2O5S/c1-5-36-28(34)25-17(3)31-29-32(26(25)18-7-6-8-19(14-18)35-4)27(33)24(38-29)15-20-10-12-23(37-20)21-13-16(2)9-11-22(21)30/h6-15,26H,5H2,1-4H3. The second-order valence-electron chi connectivity index (χ2n) is 8.76. The van der Waals surface area contributed by atoms with Crippen molar-refractivity contribution in [3.8, 4) is 17.1 Å². The quantitative estimate of drug-likeness (QED) is 0.316. The number of furan rings is 1. The molecule has 3 heterocycles. The number of aryl methyl sites for hydroxylation is 1. The number of nitrogens with zero attached hydrogens (tertiary/aromatic N) is 2.